The number of para-hydroxylation sites is 1. The number of carbonyl (C=O) groups is 1. The molecular formula is C15H16BrN3O2. The van der Waals surface area contributed by atoms with Crippen LogP contribution in [0.15, 0.2) is 28.7 Å². The molecule has 1 aromatic carbocycles. The third-order valence-electron chi connectivity index (χ3n) is 3.67. The Kier molecular flexibility index (Phi) is 3.71. The molecule has 0 atom stereocenters. The Morgan fingerprint density at radius 1 is 1.48 bits per heavy atom. The minimum Gasteiger partial charge on any atom is -0.508 e. The molecule has 0 saturated heterocycles. The Morgan fingerprint density at radius 2 is 2.19 bits per heavy atom. The Hall–Kier alpha value is -1.82. The summed E-state index contributed by atoms with van der Waals surface area (Å²) in [6.45, 7) is 0.337. The normalized spacial score (nSPS) is 14.2. The zero-order valence-corrected chi connectivity index (χ0v) is 13.2. The van der Waals surface area contributed by atoms with Crippen LogP contribution in [0.3, 0.4) is 0 Å². The minimum absolute atomic E-state index is 0.173. The molecule has 0 spiro atoms. The third-order valence-corrected chi connectivity index (χ3v) is 4.47. The van der Waals surface area contributed by atoms with Crippen LogP contribution in [0.1, 0.15) is 40.5 Å². The number of halogens is 1. The lowest BCUT2D eigenvalue weighted by molar-refractivity contribution is 0.0777. The van der Waals surface area contributed by atoms with Crippen LogP contribution >= 0.6 is 15.9 Å². The number of benzene rings is 1. The number of nitrogens with zero attached hydrogens (tertiary/aromatic N) is 2. The fraction of sp³-hybridized carbons (Fsp3) is 0.333. The zero-order chi connectivity index (χ0) is 15.0. The highest BCUT2D eigenvalue weighted by Gasteiger charge is 2.31. The predicted octanol–water partition coefficient (Wildman–Crippen LogP) is 3.03. The van der Waals surface area contributed by atoms with E-state index in [1.807, 2.05) is 6.07 Å². The van der Waals surface area contributed by atoms with E-state index in [0.29, 0.717) is 23.7 Å². The second kappa shape index (κ2) is 5.52. The number of hydrogen-bond acceptors (Lipinski definition) is 3. The molecular weight excluding hydrogens is 334 g/mol. The highest BCUT2D eigenvalue weighted by Crippen LogP contribution is 2.43. The molecule has 2 N–H and O–H groups in total. The van der Waals surface area contributed by atoms with E-state index in [0.717, 1.165) is 23.0 Å². The standard InChI is InChI=1S/C15H16BrN3O2/c1-19(8-10-4-2-3-5-11(10)20)15(21)14-12(16)13(17-18-14)9-6-7-9/h2-5,9,20H,6-8H2,1H3,(H,17,18). The fourth-order valence-corrected chi connectivity index (χ4v) is 2.95. The number of aromatic amines is 1. The van der Waals surface area contributed by atoms with Gasteiger partial charge in [0, 0.05) is 25.1 Å². The van der Waals surface area contributed by atoms with E-state index < -0.39 is 0 Å². The lowest BCUT2D eigenvalue weighted by Crippen LogP contribution is -2.26. The van der Waals surface area contributed by atoms with Gasteiger partial charge < -0.3 is 10.0 Å². The van der Waals surface area contributed by atoms with Crippen LogP contribution in [-0.4, -0.2) is 33.2 Å². The average molecular weight is 350 g/mol. The molecule has 1 amide bonds. The molecule has 0 radical (unpaired) electrons. The number of H-pyrrole nitrogens is 1. The lowest BCUT2D eigenvalue weighted by Gasteiger charge is -2.17. The number of aromatic hydroxyl groups is 1. The van der Waals surface area contributed by atoms with Crippen molar-refractivity contribution in [1.82, 2.24) is 15.1 Å². The maximum Gasteiger partial charge on any atom is 0.275 e. The minimum atomic E-state index is -0.173. The van der Waals surface area contributed by atoms with Crippen molar-refractivity contribution in [1.29, 1.82) is 0 Å². The SMILES string of the molecule is CN(Cc1ccccc1O)C(=O)c1n[nH]c(C2CC2)c1Br. The van der Waals surface area contributed by atoms with Gasteiger partial charge in [-0.1, -0.05) is 18.2 Å². The number of amides is 1. The van der Waals surface area contributed by atoms with Crippen molar-refractivity contribution in [3.8, 4) is 5.75 Å². The number of nitrogens with one attached hydrogen (secondary N) is 1. The van der Waals surface area contributed by atoms with E-state index in [1.54, 1.807) is 30.1 Å². The van der Waals surface area contributed by atoms with Crippen LogP contribution in [0.2, 0.25) is 0 Å². The maximum atomic E-state index is 12.5. The topological polar surface area (TPSA) is 69.2 Å². The molecule has 1 saturated carbocycles. The molecule has 1 aliphatic rings. The number of aromatic nitrogens is 2. The smallest absolute Gasteiger partial charge is 0.275 e. The van der Waals surface area contributed by atoms with Crippen LogP contribution in [0.4, 0.5) is 0 Å². The Bertz CT molecular complexity index is 679. The third kappa shape index (κ3) is 2.81. The van der Waals surface area contributed by atoms with Gasteiger partial charge in [-0.05, 0) is 34.8 Å². The average Bonchev–Trinajstić information content (AvgIpc) is 3.24. The van der Waals surface area contributed by atoms with Crippen molar-refractivity contribution in [3.05, 3.63) is 45.7 Å². The van der Waals surface area contributed by atoms with Gasteiger partial charge in [-0.3, -0.25) is 9.89 Å². The molecule has 1 aromatic heterocycles. The van der Waals surface area contributed by atoms with Gasteiger partial charge in [0.05, 0.1) is 10.2 Å². The first kappa shape index (κ1) is 14.1. The molecule has 5 nitrogen and oxygen atoms in total. The number of hydrogen-bond donors (Lipinski definition) is 2. The summed E-state index contributed by atoms with van der Waals surface area (Å²) in [6, 6.07) is 7.01. The zero-order valence-electron chi connectivity index (χ0n) is 11.6. The van der Waals surface area contributed by atoms with Gasteiger partial charge in [-0.15, -0.1) is 0 Å². The monoisotopic (exact) mass is 349 g/mol. The van der Waals surface area contributed by atoms with Gasteiger partial charge in [-0.2, -0.15) is 5.10 Å². The van der Waals surface area contributed by atoms with E-state index in [-0.39, 0.29) is 11.7 Å². The van der Waals surface area contributed by atoms with E-state index in [2.05, 4.69) is 26.1 Å². The molecule has 1 aliphatic carbocycles. The fourth-order valence-electron chi connectivity index (χ4n) is 2.28. The Labute approximate surface area is 131 Å². The molecule has 0 unspecified atom stereocenters. The van der Waals surface area contributed by atoms with E-state index >= 15 is 0 Å². The van der Waals surface area contributed by atoms with E-state index in [1.165, 1.54) is 0 Å². The van der Waals surface area contributed by atoms with Gasteiger partial charge in [0.25, 0.3) is 5.91 Å². The quantitative estimate of drug-likeness (QED) is 0.891. The van der Waals surface area contributed by atoms with Crippen molar-refractivity contribution < 1.29 is 9.90 Å². The second-order valence-corrected chi connectivity index (χ2v) is 6.16. The summed E-state index contributed by atoms with van der Waals surface area (Å²) in [7, 11) is 1.70. The number of rotatable bonds is 4. The van der Waals surface area contributed by atoms with Gasteiger partial charge in [-0.25, -0.2) is 0 Å². The summed E-state index contributed by atoms with van der Waals surface area (Å²) in [5.74, 6) is 0.516. The van der Waals surface area contributed by atoms with Crippen LogP contribution in [0, 0.1) is 0 Å². The maximum absolute atomic E-state index is 12.5. The Balaban J connectivity index is 1.77. The van der Waals surface area contributed by atoms with E-state index in [4.69, 9.17) is 0 Å². The first-order chi connectivity index (χ1) is 10.1. The van der Waals surface area contributed by atoms with Crippen molar-refractivity contribution in [2.75, 3.05) is 7.05 Å². The van der Waals surface area contributed by atoms with Gasteiger partial charge in [0.1, 0.15) is 5.75 Å². The highest BCUT2D eigenvalue weighted by molar-refractivity contribution is 9.10. The molecule has 2 aromatic rings. The first-order valence-corrected chi connectivity index (χ1v) is 7.63. The number of phenols is 1. The summed E-state index contributed by atoms with van der Waals surface area (Å²) in [6.07, 6.45) is 2.28. The predicted molar refractivity (Wildman–Crippen MR) is 82.2 cm³/mol. The van der Waals surface area contributed by atoms with Gasteiger partial charge in [0.15, 0.2) is 5.69 Å². The Morgan fingerprint density at radius 3 is 2.86 bits per heavy atom. The molecule has 0 bridgehead atoms. The highest BCUT2D eigenvalue weighted by atomic mass is 79.9. The molecule has 21 heavy (non-hydrogen) atoms. The molecule has 110 valence electrons. The summed E-state index contributed by atoms with van der Waals surface area (Å²) < 4.78 is 0.763. The largest absolute Gasteiger partial charge is 0.508 e. The summed E-state index contributed by atoms with van der Waals surface area (Å²) in [5, 5.41) is 16.9. The first-order valence-electron chi connectivity index (χ1n) is 6.84. The van der Waals surface area contributed by atoms with Crippen LogP contribution in [0.25, 0.3) is 0 Å². The molecule has 6 heteroatoms. The second-order valence-electron chi connectivity index (χ2n) is 5.36. The van der Waals surface area contributed by atoms with Crippen molar-refractivity contribution in [2.24, 2.45) is 0 Å². The van der Waals surface area contributed by atoms with Crippen LogP contribution in [-0.2, 0) is 6.54 Å². The van der Waals surface area contributed by atoms with Crippen molar-refractivity contribution >= 4 is 21.8 Å². The molecule has 1 fully saturated rings. The van der Waals surface area contributed by atoms with Gasteiger partial charge >= 0.3 is 0 Å². The van der Waals surface area contributed by atoms with Crippen LogP contribution < -0.4 is 0 Å². The van der Waals surface area contributed by atoms with Crippen molar-refractivity contribution in [2.45, 2.75) is 25.3 Å². The summed E-state index contributed by atoms with van der Waals surface area (Å²) in [4.78, 5) is 14.0. The van der Waals surface area contributed by atoms with Crippen molar-refractivity contribution in [3.63, 3.8) is 0 Å². The number of phenolic OH excluding ortho intramolecular Hbond substituents is 1. The molecule has 3 rings (SSSR count). The lowest BCUT2D eigenvalue weighted by atomic mass is 10.2. The van der Waals surface area contributed by atoms with E-state index in [9.17, 15) is 9.90 Å². The summed E-state index contributed by atoms with van der Waals surface area (Å²) in [5.41, 5.74) is 2.12. The van der Waals surface area contributed by atoms with Crippen LogP contribution in [0.5, 0.6) is 5.75 Å². The molecule has 1 heterocycles. The van der Waals surface area contributed by atoms with Gasteiger partial charge in [0.2, 0.25) is 0 Å². The molecule has 0 aliphatic heterocycles. The number of carbonyl (C=O) groups excluding carboxylic acids is 1. The summed E-state index contributed by atoms with van der Waals surface area (Å²) >= 11 is 3.47.